The van der Waals surface area contributed by atoms with Gasteiger partial charge >= 0.3 is 0 Å². The molecular weight excluding hydrogens is 366 g/mol. The normalized spacial score (nSPS) is 16.5. The van der Waals surface area contributed by atoms with Crippen LogP contribution in [0.25, 0.3) is 0 Å². The van der Waals surface area contributed by atoms with Gasteiger partial charge in [0.25, 0.3) is 5.91 Å². The Labute approximate surface area is 164 Å². The van der Waals surface area contributed by atoms with Gasteiger partial charge in [0.2, 0.25) is 0 Å². The van der Waals surface area contributed by atoms with Crippen molar-refractivity contribution in [3.63, 3.8) is 0 Å². The van der Waals surface area contributed by atoms with Crippen LogP contribution in [0.1, 0.15) is 17.4 Å². The minimum Gasteiger partial charge on any atom is -0.360 e. The summed E-state index contributed by atoms with van der Waals surface area (Å²) < 4.78 is 0. The summed E-state index contributed by atoms with van der Waals surface area (Å²) in [6.45, 7) is 8.69. The molecule has 26 heavy (non-hydrogen) atoms. The van der Waals surface area contributed by atoms with Gasteiger partial charge in [-0.05, 0) is 49.4 Å². The Morgan fingerprint density at radius 3 is 2.81 bits per heavy atom. The molecule has 0 radical (unpaired) electrons. The molecule has 1 amide bonds. The van der Waals surface area contributed by atoms with Crippen LogP contribution in [0.2, 0.25) is 5.02 Å². The molecule has 2 aromatic rings. The summed E-state index contributed by atoms with van der Waals surface area (Å²) >= 11 is 7.90. The highest BCUT2D eigenvalue weighted by Gasteiger charge is 2.29. The zero-order chi connectivity index (χ0) is 18.5. The Bertz CT molecular complexity index is 727. The van der Waals surface area contributed by atoms with E-state index in [1.54, 1.807) is 11.3 Å². The van der Waals surface area contributed by atoms with Gasteiger partial charge in [-0.25, -0.2) is 0 Å². The van der Waals surface area contributed by atoms with Crippen LogP contribution < -0.4 is 15.1 Å². The number of carbonyl (C=O) groups is 1. The molecule has 0 unspecified atom stereocenters. The van der Waals surface area contributed by atoms with Crippen molar-refractivity contribution in [1.82, 2.24) is 5.32 Å². The number of carbonyl (C=O) groups excluding carboxylic acids is 1. The molecule has 0 spiro atoms. The second-order valence-corrected chi connectivity index (χ2v) is 8.39. The highest BCUT2D eigenvalue weighted by atomic mass is 35.5. The van der Waals surface area contributed by atoms with E-state index in [1.165, 1.54) is 21.0 Å². The lowest BCUT2D eigenvalue weighted by atomic mass is 10.1. The first-order valence-electron chi connectivity index (χ1n) is 9.20. The number of benzene rings is 1. The molecule has 0 aliphatic carbocycles. The largest absolute Gasteiger partial charge is 0.360 e. The van der Waals surface area contributed by atoms with Gasteiger partial charge in [0.05, 0.1) is 26.2 Å². The number of anilines is 1. The second-order valence-electron chi connectivity index (χ2n) is 6.92. The van der Waals surface area contributed by atoms with Crippen LogP contribution in [0.4, 0.5) is 5.69 Å². The van der Waals surface area contributed by atoms with E-state index in [-0.39, 0.29) is 11.9 Å². The number of nitrogens with one attached hydrogen (secondary N) is 2. The zero-order valence-corrected chi connectivity index (χ0v) is 17.0. The van der Waals surface area contributed by atoms with Crippen LogP contribution in [0, 0.1) is 6.92 Å². The number of rotatable bonds is 6. The Hall–Kier alpha value is -1.56. The Balaban J connectivity index is 1.47. The number of nitrogens with zero attached hydrogens (tertiary/aromatic N) is 1. The molecule has 1 aliphatic rings. The molecule has 4 nitrogen and oxygen atoms in total. The minimum atomic E-state index is -0.0130. The number of piperazine rings is 1. The van der Waals surface area contributed by atoms with Gasteiger partial charge in [-0.1, -0.05) is 23.7 Å². The molecule has 1 atom stereocenters. The lowest BCUT2D eigenvalue weighted by Crippen LogP contribution is -3.19. The summed E-state index contributed by atoms with van der Waals surface area (Å²) in [7, 11) is 0. The predicted octanol–water partition coefficient (Wildman–Crippen LogP) is 2.16. The third-order valence-corrected chi connectivity index (χ3v) is 6.35. The van der Waals surface area contributed by atoms with E-state index in [0.29, 0.717) is 6.54 Å². The van der Waals surface area contributed by atoms with Gasteiger partial charge < -0.3 is 15.1 Å². The van der Waals surface area contributed by atoms with Crippen LogP contribution in [-0.4, -0.2) is 44.7 Å². The molecule has 0 bridgehead atoms. The molecule has 1 fully saturated rings. The molecule has 1 aromatic heterocycles. The maximum absolute atomic E-state index is 12.5. The van der Waals surface area contributed by atoms with Crippen molar-refractivity contribution in [2.75, 3.05) is 37.6 Å². The highest BCUT2D eigenvalue weighted by molar-refractivity contribution is 7.09. The lowest BCUT2D eigenvalue weighted by Gasteiger charge is -2.36. The van der Waals surface area contributed by atoms with Crippen molar-refractivity contribution in [1.29, 1.82) is 0 Å². The van der Waals surface area contributed by atoms with Gasteiger partial charge in [0.15, 0.2) is 6.04 Å². The average Bonchev–Trinajstić information content (AvgIpc) is 3.16. The summed E-state index contributed by atoms with van der Waals surface area (Å²) in [5.41, 5.74) is 2.46. The maximum atomic E-state index is 12.5. The first-order valence-corrected chi connectivity index (χ1v) is 10.5. The van der Waals surface area contributed by atoms with Crippen LogP contribution in [0.15, 0.2) is 35.7 Å². The molecule has 2 heterocycles. The van der Waals surface area contributed by atoms with Crippen molar-refractivity contribution >= 4 is 34.5 Å². The Kier molecular flexibility index (Phi) is 6.57. The number of halogens is 1. The Morgan fingerprint density at radius 1 is 1.35 bits per heavy atom. The molecule has 2 N–H and O–H groups in total. The van der Waals surface area contributed by atoms with E-state index in [9.17, 15) is 4.79 Å². The Morgan fingerprint density at radius 2 is 2.12 bits per heavy atom. The predicted molar refractivity (Wildman–Crippen MR) is 110 cm³/mol. The number of hydrogen-bond donors (Lipinski definition) is 2. The fourth-order valence-corrected chi connectivity index (χ4v) is 4.37. The van der Waals surface area contributed by atoms with E-state index in [2.05, 4.69) is 40.7 Å². The number of amides is 1. The first kappa shape index (κ1) is 19.2. The van der Waals surface area contributed by atoms with Gasteiger partial charge in [-0.3, -0.25) is 4.79 Å². The summed E-state index contributed by atoms with van der Waals surface area (Å²) in [5.74, 6) is 0.156. The standard InChI is InChI=1S/C20H26ClN3OS/c1-15-5-6-17(21)14-19(15)24-11-9-23(10-12-24)16(2)20(25)22-8-7-18-4-3-13-26-18/h3-6,13-14,16H,7-12H2,1-2H3,(H,22,25)/p+1/t16-/m1/s1. The van der Waals surface area contributed by atoms with E-state index < -0.39 is 0 Å². The monoisotopic (exact) mass is 392 g/mol. The molecule has 1 saturated heterocycles. The van der Waals surface area contributed by atoms with Crippen molar-refractivity contribution in [3.05, 3.63) is 51.2 Å². The van der Waals surface area contributed by atoms with Gasteiger partial charge in [-0.2, -0.15) is 0 Å². The number of thiophene rings is 1. The van der Waals surface area contributed by atoms with Gasteiger partial charge in [0, 0.05) is 22.1 Å². The fraction of sp³-hybridized carbons (Fsp3) is 0.450. The SMILES string of the molecule is Cc1ccc(Cl)cc1N1CC[NH+]([C@H](C)C(=O)NCCc2cccs2)CC1. The molecule has 0 saturated carbocycles. The highest BCUT2D eigenvalue weighted by Crippen LogP contribution is 2.24. The van der Waals surface area contributed by atoms with Crippen molar-refractivity contribution in [2.24, 2.45) is 0 Å². The smallest absolute Gasteiger partial charge is 0.278 e. The van der Waals surface area contributed by atoms with Crippen LogP contribution in [0.5, 0.6) is 0 Å². The average molecular weight is 393 g/mol. The maximum Gasteiger partial charge on any atom is 0.278 e. The van der Waals surface area contributed by atoms with Crippen LogP contribution >= 0.6 is 22.9 Å². The fourth-order valence-electron chi connectivity index (χ4n) is 3.49. The van der Waals surface area contributed by atoms with Crippen LogP contribution in [0.3, 0.4) is 0 Å². The van der Waals surface area contributed by atoms with Crippen LogP contribution in [-0.2, 0) is 11.2 Å². The number of hydrogen-bond acceptors (Lipinski definition) is 3. The van der Waals surface area contributed by atoms with E-state index in [1.807, 2.05) is 19.1 Å². The van der Waals surface area contributed by atoms with Crippen molar-refractivity contribution in [2.45, 2.75) is 26.3 Å². The summed E-state index contributed by atoms with van der Waals surface area (Å²) in [5, 5.41) is 5.94. The second kappa shape index (κ2) is 8.89. The van der Waals surface area contributed by atoms with Gasteiger partial charge in [0.1, 0.15) is 0 Å². The number of aryl methyl sites for hydroxylation is 1. The molecular formula is C20H27ClN3OS+. The molecule has 140 valence electrons. The minimum absolute atomic E-state index is 0.0130. The van der Waals surface area contributed by atoms with E-state index in [0.717, 1.165) is 37.6 Å². The van der Waals surface area contributed by atoms with E-state index in [4.69, 9.17) is 11.6 Å². The number of quaternary nitrogens is 1. The third kappa shape index (κ3) is 4.78. The quantitative estimate of drug-likeness (QED) is 0.790. The topological polar surface area (TPSA) is 36.8 Å². The molecule has 1 aromatic carbocycles. The third-order valence-electron chi connectivity index (χ3n) is 5.17. The van der Waals surface area contributed by atoms with Gasteiger partial charge in [-0.15, -0.1) is 11.3 Å². The molecule has 3 rings (SSSR count). The zero-order valence-electron chi connectivity index (χ0n) is 15.4. The summed E-state index contributed by atoms with van der Waals surface area (Å²) in [4.78, 5) is 17.5. The van der Waals surface area contributed by atoms with Crippen molar-refractivity contribution < 1.29 is 9.69 Å². The van der Waals surface area contributed by atoms with Crippen molar-refractivity contribution in [3.8, 4) is 0 Å². The first-order chi connectivity index (χ1) is 12.5. The summed E-state index contributed by atoms with van der Waals surface area (Å²) in [6.07, 6.45) is 0.910. The summed E-state index contributed by atoms with van der Waals surface area (Å²) in [6, 6.07) is 10.2. The molecule has 6 heteroatoms. The lowest BCUT2D eigenvalue weighted by molar-refractivity contribution is -0.914. The molecule has 1 aliphatic heterocycles. The van der Waals surface area contributed by atoms with E-state index >= 15 is 0 Å².